The van der Waals surface area contributed by atoms with Crippen LogP contribution in [0.2, 0.25) is 5.02 Å². The maximum atomic E-state index is 6.23. The minimum atomic E-state index is 0.330. The van der Waals surface area contributed by atoms with Crippen molar-refractivity contribution in [2.45, 2.75) is 12.5 Å². The van der Waals surface area contributed by atoms with E-state index in [0.717, 1.165) is 62.4 Å². The fourth-order valence-corrected chi connectivity index (χ4v) is 4.30. The standard InChI is InChI=1S/C20H27ClN4OS/c1-22-20(23-9-8-16-5-2-3-6-17(16)21)24-15-18(19-7-4-14-27-19)25-10-12-26-13-11-25/h2-7,14,18H,8-13,15H2,1H3,(H2,22,23,24). The second kappa shape index (κ2) is 10.7. The highest BCUT2D eigenvalue weighted by Gasteiger charge is 2.23. The van der Waals surface area contributed by atoms with E-state index in [1.54, 1.807) is 18.4 Å². The zero-order chi connectivity index (χ0) is 18.9. The quantitative estimate of drug-likeness (QED) is 0.547. The third-order valence-electron chi connectivity index (χ3n) is 4.69. The number of guanidine groups is 1. The first-order chi connectivity index (χ1) is 13.3. The smallest absolute Gasteiger partial charge is 0.191 e. The maximum Gasteiger partial charge on any atom is 0.191 e. The number of hydrogen-bond donors (Lipinski definition) is 2. The molecule has 0 amide bonds. The van der Waals surface area contributed by atoms with Crippen LogP contribution in [0.4, 0.5) is 0 Å². The molecule has 3 rings (SSSR count). The van der Waals surface area contributed by atoms with E-state index in [2.05, 4.69) is 44.1 Å². The summed E-state index contributed by atoms with van der Waals surface area (Å²) in [6.45, 7) is 5.11. The molecule has 1 aromatic carbocycles. The van der Waals surface area contributed by atoms with Crippen molar-refractivity contribution in [1.29, 1.82) is 0 Å². The number of nitrogens with zero attached hydrogens (tertiary/aromatic N) is 2. The van der Waals surface area contributed by atoms with Gasteiger partial charge in [-0.15, -0.1) is 11.3 Å². The van der Waals surface area contributed by atoms with Gasteiger partial charge in [0.05, 0.1) is 19.3 Å². The molecule has 0 aliphatic carbocycles. The Morgan fingerprint density at radius 3 is 2.74 bits per heavy atom. The molecule has 146 valence electrons. The normalized spacial score (nSPS) is 16.9. The van der Waals surface area contributed by atoms with Crippen LogP contribution in [-0.2, 0) is 11.2 Å². The summed E-state index contributed by atoms with van der Waals surface area (Å²) in [5, 5.41) is 9.83. The van der Waals surface area contributed by atoms with Crippen molar-refractivity contribution in [3.63, 3.8) is 0 Å². The molecule has 1 fully saturated rings. The SMILES string of the molecule is CN=C(NCCc1ccccc1Cl)NCC(c1cccs1)N1CCOCC1. The number of ether oxygens (including phenoxy) is 1. The van der Waals surface area contributed by atoms with Crippen LogP contribution in [0.3, 0.4) is 0 Å². The van der Waals surface area contributed by atoms with E-state index in [4.69, 9.17) is 16.3 Å². The third kappa shape index (κ3) is 5.94. The Labute approximate surface area is 170 Å². The van der Waals surface area contributed by atoms with Crippen LogP contribution < -0.4 is 10.6 Å². The molecule has 2 aromatic rings. The van der Waals surface area contributed by atoms with Crippen LogP contribution in [0, 0.1) is 0 Å². The molecule has 7 heteroatoms. The number of morpholine rings is 1. The van der Waals surface area contributed by atoms with Crippen LogP contribution >= 0.6 is 22.9 Å². The molecule has 27 heavy (non-hydrogen) atoms. The minimum absolute atomic E-state index is 0.330. The lowest BCUT2D eigenvalue weighted by atomic mass is 10.1. The number of nitrogens with one attached hydrogen (secondary N) is 2. The number of aliphatic imine (C=N–C) groups is 1. The summed E-state index contributed by atoms with van der Waals surface area (Å²) in [5.74, 6) is 0.817. The average Bonchev–Trinajstić information content (AvgIpc) is 3.23. The number of hydrogen-bond acceptors (Lipinski definition) is 4. The average molecular weight is 407 g/mol. The number of benzene rings is 1. The fraction of sp³-hybridized carbons (Fsp3) is 0.450. The number of thiophene rings is 1. The molecule has 2 heterocycles. The molecule has 0 spiro atoms. The van der Waals surface area contributed by atoms with Crippen molar-refractivity contribution in [3.8, 4) is 0 Å². The van der Waals surface area contributed by atoms with E-state index < -0.39 is 0 Å². The molecule has 2 N–H and O–H groups in total. The van der Waals surface area contributed by atoms with Gasteiger partial charge in [0.1, 0.15) is 0 Å². The second-order valence-corrected chi connectivity index (χ2v) is 7.79. The van der Waals surface area contributed by atoms with Crippen molar-refractivity contribution in [3.05, 3.63) is 57.2 Å². The van der Waals surface area contributed by atoms with Gasteiger partial charge >= 0.3 is 0 Å². The van der Waals surface area contributed by atoms with Crippen LogP contribution in [0.15, 0.2) is 46.8 Å². The van der Waals surface area contributed by atoms with Gasteiger partial charge in [-0.1, -0.05) is 35.9 Å². The largest absolute Gasteiger partial charge is 0.379 e. The predicted octanol–water partition coefficient (Wildman–Crippen LogP) is 3.18. The van der Waals surface area contributed by atoms with E-state index in [1.165, 1.54) is 4.88 Å². The Morgan fingerprint density at radius 2 is 2.04 bits per heavy atom. The van der Waals surface area contributed by atoms with Gasteiger partial charge in [0, 0.05) is 43.1 Å². The van der Waals surface area contributed by atoms with Crippen LogP contribution in [-0.4, -0.2) is 57.3 Å². The van der Waals surface area contributed by atoms with Gasteiger partial charge in [0.15, 0.2) is 5.96 Å². The predicted molar refractivity (Wildman–Crippen MR) is 114 cm³/mol. The van der Waals surface area contributed by atoms with Crippen molar-refractivity contribution >= 4 is 28.9 Å². The highest BCUT2D eigenvalue weighted by molar-refractivity contribution is 7.10. The van der Waals surface area contributed by atoms with E-state index in [1.807, 2.05) is 18.2 Å². The van der Waals surface area contributed by atoms with Crippen LogP contribution in [0.1, 0.15) is 16.5 Å². The molecule has 1 aliphatic heterocycles. The van der Waals surface area contributed by atoms with Crippen LogP contribution in [0.5, 0.6) is 0 Å². The first-order valence-electron chi connectivity index (χ1n) is 9.31. The van der Waals surface area contributed by atoms with Gasteiger partial charge in [-0.25, -0.2) is 0 Å². The molecule has 1 saturated heterocycles. The van der Waals surface area contributed by atoms with Crippen molar-refractivity contribution in [2.24, 2.45) is 4.99 Å². The van der Waals surface area contributed by atoms with Crippen molar-refractivity contribution in [2.75, 3.05) is 46.4 Å². The Balaban J connectivity index is 1.52. The Bertz CT molecular complexity index is 717. The Kier molecular flexibility index (Phi) is 7.95. The van der Waals surface area contributed by atoms with E-state index in [0.29, 0.717) is 6.04 Å². The molecular weight excluding hydrogens is 380 g/mol. The van der Waals surface area contributed by atoms with Gasteiger partial charge in [0.25, 0.3) is 0 Å². The molecule has 5 nitrogen and oxygen atoms in total. The van der Waals surface area contributed by atoms with Gasteiger partial charge < -0.3 is 15.4 Å². The zero-order valence-corrected chi connectivity index (χ0v) is 17.2. The zero-order valence-electron chi connectivity index (χ0n) is 15.7. The third-order valence-corrected chi connectivity index (χ3v) is 6.03. The second-order valence-electron chi connectivity index (χ2n) is 6.40. The van der Waals surface area contributed by atoms with Crippen molar-refractivity contribution < 1.29 is 4.74 Å². The first kappa shape index (κ1) is 20.1. The van der Waals surface area contributed by atoms with E-state index >= 15 is 0 Å². The topological polar surface area (TPSA) is 48.9 Å². The monoisotopic (exact) mass is 406 g/mol. The van der Waals surface area contributed by atoms with Gasteiger partial charge in [-0.05, 0) is 29.5 Å². The molecular formula is C20H27ClN4OS. The van der Waals surface area contributed by atoms with Gasteiger partial charge in [-0.2, -0.15) is 0 Å². The lowest BCUT2D eigenvalue weighted by Gasteiger charge is -2.34. The van der Waals surface area contributed by atoms with Crippen LogP contribution in [0.25, 0.3) is 0 Å². The lowest BCUT2D eigenvalue weighted by Crippen LogP contribution is -2.46. The number of rotatable bonds is 7. The minimum Gasteiger partial charge on any atom is -0.379 e. The summed E-state index contributed by atoms with van der Waals surface area (Å²) in [6, 6.07) is 12.6. The summed E-state index contributed by atoms with van der Waals surface area (Å²) in [6.07, 6.45) is 0.859. The number of halogens is 1. The molecule has 0 radical (unpaired) electrons. The summed E-state index contributed by atoms with van der Waals surface area (Å²) in [4.78, 5) is 8.22. The Hall–Kier alpha value is -1.60. The van der Waals surface area contributed by atoms with E-state index in [-0.39, 0.29) is 0 Å². The fourth-order valence-electron chi connectivity index (χ4n) is 3.21. The highest BCUT2D eigenvalue weighted by atomic mass is 35.5. The molecule has 1 unspecified atom stereocenters. The molecule has 1 aromatic heterocycles. The van der Waals surface area contributed by atoms with Crippen molar-refractivity contribution in [1.82, 2.24) is 15.5 Å². The summed E-state index contributed by atoms with van der Waals surface area (Å²) < 4.78 is 5.51. The first-order valence-corrected chi connectivity index (χ1v) is 10.6. The summed E-state index contributed by atoms with van der Waals surface area (Å²) in [7, 11) is 1.81. The molecule has 1 aliphatic rings. The maximum absolute atomic E-state index is 6.23. The molecule has 0 bridgehead atoms. The summed E-state index contributed by atoms with van der Waals surface area (Å²) in [5.41, 5.74) is 1.15. The Morgan fingerprint density at radius 1 is 1.22 bits per heavy atom. The highest BCUT2D eigenvalue weighted by Crippen LogP contribution is 2.25. The van der Waals surface area contributed by atoms with E-state index in [9.17, 15) is 0 Å². The lowest BCUT2D eigenvalue weighted by molar-refractivity contribution is 0.0177. The summed E-state index contributed by atoms with van der Waals surface area (Å²) >= 11 is 8.03. The van der Waals surface area contributed by atoms with Gasteiger partial charge in [-0.3, -0.25) is 9.89 Å². The molecule has 0 saturated carbocycles. The molecule has 1 atom stereocenters. The van der Waals surface area contributed by atoms with Gasteiger partial charge in [0.2, 0.25) is 0 Å².